The van der Waals surface area contributed by atoms with Crippen LogP contribution in [0.15, 0.2) is 21.9 Å². The van der Waals surface area contributed by atoms with Crippen molar-refractivity contribution >= 4 is 5.91 Å². The van der Waals surface area contributed by atoms with Crippen LogP contribution in [0.3, 0.4) is 0 Å². The molecule has 0 bridgehead atoms. The number of carbonyl (C=O) groups excluding carboxylic acids is 1. The molecule has 1 atom stereocenters. The Morgan fingerprint density at radius 2 is 2.16 bits per heavy atom. The maximum atomic E-state index is 11.7. The normalized spacial score (nSPS) is 12.2. The van der Waals surface area contributed by atoms with Crippen molar-refractivity contribution in [3.63, 3.8) is 0 Å². The highest BCUT2D eigenvalue weighted by molar-refractivity contribution is 5.75. The Morgan fingerprint density at radius 3 is 2.79 bits per heavy atom. The number of aromatic nitrogens is 2. The molecule has 2 N–H and O–H groups in total. The topological polar surface area (TPSA) is 93.3 Å². The minimum absolute atomic E-state index is 0.144. The van der Waals surface area contributed by atoms with Gasteiger partial charge in [0.25, 0.3) is 5.56 Å². The van der Waals surface area contributed by atoms with Crippen LogP contribution in [0.25, 0.3) is 0 Å². The Balaban J connectivity index is 2.56. The van der Waals surface area contributed by atoms with E-state index >= 15 is 0 Å². The average molecular weight is 269 g/mol. The van der Waals surface area contributed by atoms with E-state index in [2.05, 4.69) is 5.32 Å². The Kier molecular flexibility index (Phi) is 5.50. The highest BCUT2D eigenvalue weighted by Gasteiger charge is 2.07. The van der Waals surface area contributed by atoms with Crippen LogP contribution >= 0.6 is 0 Å². The van der Waals surface area contributed by atoms with Gasteiger partial charge in [0.1, 0.15) is 6.54 Å². The van der Waals surface area contributed by atoms with E-state index in [-0.39, 0.29) is 12.5 Å². The predicted molar refractivity (Wildman–Crippen MR) is 69.9 cm³/mol. The molecule has 0 aliphatic rings. The molecule has 0 saturated heterocycles. The first-order valence-corrected chi connectivity index (χ1v) is 6.17. The summed E-state index contributed by atoms with van der Waals surface area (Å²) in [7, 11) is 1.36. The van der Waals surface area contributed by atoms with Crippen LogP contribution < -0.4 is 16.6 Å². The summed E-state index contributed by atoms with van der Waals surface area (Å²) in [6, 6.07) is 1.23. The first-order valence-electron chi connectivity index (χ1n) is 6.17. The van der Waals surface area contributed by atoms with Gasteiger partial charge in [-0.25, -0.2) is 4.79 Å². The van der Waals surface area contributed by atoms with Crippen molar-refractivity contribution in [3.05, 3.63) is 33.1 Å². The van der Waals surface area contributed by atoms with E-state index in [1.807, 2.05) is 6.92 Å². The number of aliphatic hydroxyl groups is 1. The average Bonchev–Trinajstić information content (AvgIpc) is 2.39. The van der Waals surface area contributed by atoms with Gasteiger partial charge in [-0.15, -0.1) is 0 Å². The molecular weight excluding hydrogens is 250 g/mol. The van der Waals surface area contributed by atoms with Gasteiger partial charge in [-0.05, 0) is 12.8 Å². The molecule has 0 aromatic carbocycles. The van der Waals surface area contributed by atoms with Gasteiger partial charge in [0.05, 0.1) is 6.10 Å². The van der Waals surface area contributed by atoms with Crippen LogP contribution in [0.5, 0.6) is 0 Å². The Hall–Kier alpha value is -1.89. The van der Waals surface area contributed by atoms with E-state index in [1.165, 1.54) is 19.3 Å². The summed E-state index contributed by atoms with van der Waals surface area (Å²) in [5.74, 6) is -0.330. The lowest BCUT2D eigenvalue weighted by atomic mass is 10.2. The third kappa shape index (κ3) is 4.36. The van der Waals surface area contributed by atoms with E-state index in [4.69, 9.17) is 0 Å². The number of amides is 1. The summed E-state index contributed by atoms with van der Waals surface area (Å²) >= 11 is 0. The molecule has 1 heterocycles. The first-order chi connectivity index (χ1) is 8.95. The summed E-state index contributed by atoms with van der Waals surface area (Å²) in [4.78, 5) is 34.4. The maximum absolute atomic E-state index is 11.7. The van der Waals surface area contributed by atoms with Crippen molar-refractivity contribution in [2.45, 2.75) is 32.4 Å². The van der Waals surface area contributed by atoms with Gasteiger partial charge in [-0.1, -0.05) is 6.92 Å². The van der Waals surface area contributed by atoms with Crippen molar-refractivity contribution in [2.24, 2.45) is 7.05 Å². The second-order valence-electron chi connectivity index (χ2n) is 4.32. The third-order valence-electron chi connectivity index (χ3n) is 2.85. The zero-order valence-electron chi connectivity index (χ0n) is 11.1. The smallest absolute Gasteiger partial charge is 0.331 e. The summed E-state index contributed by atoms with van der Waals surface area (Å²) < 4.78 is 2.10. The summed E-state index contributed by atoms with van der Waals surface area (Å²) in [5, 5.41) is 11.9. The molecular formula is C12H19N3O4. The number of hydrogen-bond donors (Lipinski definition) is 2. The van der Waals surface area contributed by atoms with Gasteiger partial charge in [0, 0.05) is 25.9 Å². The van der Waals surface area contributed by atoms with Crippen LogP contribution in [0.1, 0.15) is 19.8 Å². The fourth-order valence-electron chi connectivity index (χ4n) is 1.53. The van der Waals surface area contributed by atoms with Gasteiger partial charge >= 0.3 is 5.69 Å². The van der Waals surface area contributed by atoms with Crippen molar-refractivity contribution in [1.82, 2.24) is 14.5 Å². The summed E-state index contributed by atoms with van der Waals surface area (Å²) in [6.45, 7) is 2.07. The molecule has 0 fully saturated rings. The van der Waals surface area contributed by atoms with Crippen LogP contribution in [0.4, 0.5) is 0 Å². The van der Waals surface area contributed by atoms with Crippen molar-refractivity contribution in [2.75, 3.05) is 6.54 Å². The molecule has 19 heavy (non-hydrogen) atoms. The zero-order chi connectivity index (χ0) is 14.4. The lowest BCUT2D eigenvalue weighted by Crippen LogP contribution is -2.40. The van der Waals surface area contributed by atoms with E-state index < -0.39 is 17.4 Å². The lowest BCUT2D eigenvalue weighted by Gasteiger charge is -2.10. The van der Waals surface area contributed by atoms with Gasteiger partial charge in [0.2, 0.25) is 5.91 Å². The predicted octanol–water partition coefficient (Wildman–Crippen LogP) is -1.18. The number of nitrogens with zero attached hydrogens (tertiary/aromatic N) is 2. The number of aliphatic hydroxyl groups excluding tert-OH is 1. The van der Waals surface area contributed by atoms with Crippen molar-refractivity contribution in [1.29, 1.82) is 0 Å². The molecule has 0 aliphatic carbocycles. The SMILES string of the molecule is CCC(O)CCNC(=O)Cn1ccc(=O)n(C)c1=O. The third-order valence-corrected chi connectivity index (χ3v) is 2.85. The van der Waals surface area contributed by atoms with Crippen molar-refractivity contribution < 1.29 is 9.90 Å². The van der Waals surface area contributed by atoms with Crippen LogP contribution in [0.2, 0.25) is 0 Å². The fraction of sp³-hybridized carbons (Fsp3) is 0.583. The summed E-state index contributed by atoms with van der Waals surface area (Å²) in [5.41, 5.74) is -0.941. The summed E-state index contributed by atoms with van der Waals surface area (Å²) in [6.07, 6.45) is 1.98. The van der Waals surface area contributed by atoms with E-state index in [9.17, 15) is 19.5 Å². The Bertz CT molecular complexity index is 547. The quantitative estimate of drug-likeness (QED) is 0.680. The second-order valence-corrected chi connectivity index (χ2v) is 4.32. The van der Waals surface area contributed by atoms with Crippen LogP contribution in [-0.4, -0.2) is 32.8 Å². The molecule has 1 unspecified atom stereocenters. The molecule has 1 aromatic rings. The molecule has 1 rings (SSSR count). The minimum atomic E-state index is -0.531. The molecule has 0 saturated carbocycles. The minimum Gasteiger partial charge on any atom is -0.393 e. The molecule has 7 nitrogen and oxygen atoms in total. The molecule has 1 amide bonds. The van der Waals surface area contributed by atoms with Crippen LogP contribution in [0, 0.1) is 0 Å². The van der Waals surface area contributed by atoms with E-state index in [0.717, 1.165) is 9.13 Å². The van der Waals surface area contributed by atoms with E-state index in [1.54, 1.807) is 0 Å². The second kappa shape index (κ2) is 6.89. The zero-order valence-corrected chi connectivity index (χ0v) is 11.1. The number of rotatable bonds is 6. The van der Waals surface area contributed by atoms with Crippen molar-refractivity contribution in [3.8, 4) is 0 Å². The monoisotopic (exact) mass is 269 g/mol. The first kappa shape index (κ1) is 15.2. The van der Waals surface area contributed by atoms with Gasteiger partial charge < -0.3 is 10.4 Å². The number of hydrogen-bond acceptors (Lipinski definition) is 4. The Labute approximate surface area is 110 Å². The highest BCUT2D eigenvalue weighted by Crippen LogP contribution is 1.94. The molecule has 7 heteroatoms. The molecule has 0 radical (unpaired) electrons. The Morgan fingerprint density at radius 1 is 1.47 bits per heavy atom. The maximum Gasteiger partial charge on any atom is 0.331 e. The van der Waals surface area contributed by atoms with E-state index in [0.29, 0.717) is 19.4 Å². The lowest BCUT2D eigenvalue weighted by molar-refractivity contribution is -0.121. The standard InChI is InChI=1S/C12H19N3O4/c1-3-9(16)4-6-13-10(17)8-15-7-5-11(18)14(2)12(15)19/h5,7,9,16H,3-4,6,8H2,1-2H3,(H,13,17). The highest BCUT2D eigenvalue weighted by atomic mass is 16.3. The molecule has 0 spiro atoms. The van der Waals surface area contributed by atoms with Gasteiger partial charge in [-0.2, -0.15) is 0 Å². The largest absolute Gasteiger partial charge is 0.393 e. The van der Waals surface area contributed by atoms with Crippen LogP contribution in [-0.2, 0) is 18.4 Å². The van der Waals surface area contributed by atoms with Gasteiger partial charge in [-0.3, -0.25) is 18.7 Å². The fourth-order valence-corrected chi connectivity index (χ4v) is 1.53. The molecule has 0 aliphatic heterocycles. The number of carbonyl (C=O) groups is 1. The van der Waals surface area contributed by atoms with Gasteiger partial charge in [0.15, 0.2) is 0 Å². The molecule has 1 aromatic heterocycles. The number of nitrogens with one attached hydrogen (secondary N) is 1. The molecule has 106 valence electrons.